The lowest BCUT2D eigenvalue weighted by Crippen LogP contribution is -2.25. The van der Waals surface area contributed by atoms with Gasteiger partial charge in [-0.05, 0) is 37.1 Å². The highest BCUT2D eigenvalue weighted by molar-refractivity contribution is 5.18. The summed E-state index contributed by atoms with van der Waals surface area (Å²) in [5.41, 5.74) is 1.72. The van der Waals surface area contributed by atoms with Crippen LogP contribution >= 0.6 is 0 Å². The van der Waals surface area contributed by atoms with Crippen LogP contribution in [0.4, 0.5) is 0 Å². The van der Waals surface area contributed by atoms with Gasteiger partial charge in [0.05, 0.1) is 0 Å². The van der Waals surface area contributed by atoms with E-state index >= 15 is 0 Å². The van der Waals surface area contributed by atoms with E-state index in [0.717, 1.165) is 0 Å². The molecule has 2 nitrogen and oxygen atoms in total. The molecule has 0 aromatic carbocycles. The molecule has 1 unspecified atom stereocenters. The van der Waals surface area contributed by atoms with Crippen LogP contribution in [0.5, 0.6) is 0 Å². The summed E-state index contributed by atoms with van der Waals surface area (Å²) < 4.78 is 0. The van der Waals surface area contributed by atoms with Crippen LogP contribution in [0.25, 0.3) is 0 Å². The predicted molar refractivity (Wildman–Crippen MR) is 58.0 cm³/mol. The number of hydrogen-bond acceptors (Lipinski definition) is 2. The van der Waals surface area contributed by atoms with Gasteiger partial charge in [0.1, 0.15) is 0 Å². The van der Waals surface area contributed by atoms with Crippen molar-refractivity contribution in [2.45, 2.75) is 26.3 Å². The van der Waals surface area contributed by atoms with Crippen LogP contribution in [0.3, 0.4) is 0 Å². The Labute approximate surface area is 86.0 Å². The third kappa shape index (κ3) is 1.55. The third-order valence-electron chi connectivity index (χ3n) is 3.29. The smallest absolute Gasteiger partial charge is 0.0411 e. The summed E-state index contributed by atoms with van der Waals surface area (Å²) in [4.78, 5) is 6.63. The lowest BCUT2D eigenvalue weighted by Gasteiger charge is -2.30. The summed E-state index contributed by atoms with van der Waals surface area (Å²) in [7, 11) is 2.20. The van der Waals surface area contributed by atoms with E-state index in [4.69, 9.17) is 0 Å². The van der Waals surface area contributed by atoms with Crippen molar-refractivity contribution in [2.24, 2.45) is 5.41 Å². The molecule has 1 aliphatic rings. The van der Waals surface area contributed by atoms with Gasteiger partial charge in [-0.2, -0.15) is 0 Å². The topological polar surface area (TPSA) is 16.1 Å². The minimum absolute atomic E-state index is 0.373. The van der Waals surface area contributed by atoms with E-state index in [1.165, 1.54) is 18.5 Å². The zero-order valence-electron chi connectivity index (χ0n) is 9.20. The van der Waals surface area contributed by atoms with Gasteiger partial charge in [-0.15, -0.1) is 0 Å². The maximum Gasteiger partial charge on any atom is 0.0411 e. The normalized spacial score (nSPS) is 26.6. The molecule has 1 saturated heterocycles. The minimum Gasteiger partial charge on any atom is -0.299 e. The highest BCUT2D eigenvalue weighted by Crippen LogP contribution is 2.45. The van der Waals surface area contributed by atoms with E-state index in [2.05, 4.69) is 36.8 Å². The van der Waals surface area contributed by atoms with Crippen LogP contribution in [-0.4, -0.2) is 23.5 Å². The first-order valence-corrected chi connectivity index (χ1v) is 5.21. The van der Waals surface area contributed by atoms with Gasteiger partial charge in [0.25, 0.3) is 0 Å². The summed E-state index contributed by atoms with van der Waals surface area (Å²) >= 11 is 0. The highest BCUT2D eigenvalue weighted by atomic mass is 15.2. The predicted octanol–water partition coefficient (Wildman–Crippen LogP) is 2.48. The number of nitrogens with zero attached hydrogens (tertiary/aromatic N) is 2. The lowest BCUT2D eigenvalue weighted by atomic mass is 9.81. The van der Waals surface area contributed by atoms with Crippen molar-refractivity contribution >= 4 is 0 Å². The summed E-state index contributed by atoms with van der Waals surface area (Å²) in [6.45, 7) is 5.87. The monoisotopic (exact) mass is 190 g/mol. The molecule has 2 heterocycles. The fourth-order valence-corrected chi connectivity index (χ4v) is 2.57. The Morgan fingerprint density at radius 2 is 2.29 bits per heavy atom. The van der Waals surface area contributed by atoms with Crippen molar-refractivity contribution in [3.63, 3.8) is 0 Å². The second-order valence-electron chi connectivity index (χ2n) is 4.91. The standard InChI is InChI=1S/C12H18N2/c1-12(2)6-8-14(3)11(12)10-5-4-7-13-9-10/h4-5,7,9,11H,6,8H2,1-3H3. The molecule has 2 rings (SSSR count). The van der Waals surface area contributed by atoms with Crippen LogP contribution < -0.4 is 0 Å². The van der Waals surface area contributed by atoms with Crippen molar-refractivity contribution in [1.29, 1.82) is 0 Å². The molecule has 14 heavy (non-hydrogen) atoms. The van der Waals surface area contributed by atoms with Crippen molar-refractivity contribution in [3.05, 3.63) is 30.1 Å². The molecule has 76 valence electrons. The Morgan fingerprint density at radius 3 is 2.79 bits per heavy atom. The van der Waals surface area contributed by atoms with E-state index in [-0.39, 0.29) is 0 Å². The van der Waals surface area contributed by atoms with Crippen LogP contribution in [0.15, 0.2) is 24.5 Å². The van der Waals surface area contributed by atoms with E-state index in [0.29, 0.717) is 11.5 Å². The number of hydrogen-bond donors (Lipinski definition) is 0. The molecular formula is C12H18N2. The fourth-order valence-electron chi connectivity index (χ4n) is 2.57. The highest BCUT2D eigenvalue weighted by Gasteiger charge is 2.39. The van der Waals surface area contributed by atoms with Gasteiger partial charge in [-0.1, -0.05) is 19.9 Å². The Hall–Kier alpha value is -0.890. The first kappa shape index (κ1) is 9.66. The average Bonchev–Trinajstić information content (AvgIpc) is 2.42. The number of pyridine rings is 1. The third-order valence-corrected chi connectivity index (χ3v) is 3.29. The maximum atomic E-state index is 4.20. The molecule has 0 saturated carbocycles. The molecule has 2 heteroatoms. The SMILES string of the molecule is CN1CCC(C)(C)C1c1cccnc1. The molecule has 1 fully saturated rings. The van der Waals surface area contributed by atoms with Crippen molar-refractivity contribution < 1.29 is 0 Å². The molecule has 0 radical (unpaired) electrons. The van der Waals surface area contributed by atoms with E-state index < -0.39 is 0 Å². The molecular weight excluding hydrogens is 172 g/mol. The van der Waals surface area contributed by atoms with Gasteiger partial charge in [0.15, 0.2) is 0 Å². The molecule has 1 aromatic rings. The van der Waals surface area contributed by atoms with Crippen LogP contribution in [-0.2, 0) is 0 Å². The number of rotatable bonds is 1. The Morgan fingerprint density at radius 1 is 1.50 bits per heavy atom. The minimum atomic E-state index is 0.373. The Bertz CT molecular complexity index is 305. The molecule has 0 spiro atoms. The quantitative estimate of drug-likeness (QED) is 0.676. The van der Waals surface area contributed by atoms with Crippen molar-refractivity contribution in [2.75, 3.05) is 13.6 Å². The van der Waals surface area contributed by atoms with Gasteiger partial charge >= 0.3 is 0 Å². The van der Waals surface area contributed by atoms with E-state index in [9.17, 15) is 0 Å². The zero-order valence-corrected chi connectivity index (χ0v) is 9.20. The van der Waals surface area contributed by atoms with Gasteiger partial charge in [-0.3, -0.25) is 9.88 Å². The maximum absolute atomic E-state index is 4.20. The first-order chi connectivity index (χ1) is 6.61. The molecule has 0 amide bonds. The lowest BCUT2D eigenvalue weighted by molar-refractivity contribution is 0.215. The summed E-state index contributed by atoms with van der Waals surface area (Å²) in [5.74, 6) is 0. The van der Waals surface area contributed by atoms with Crippen molar-refractivity contribution in [1.82, 2.24) is 9.88 Å². The first-order valence-electron chi connectivity index (χ1n) is 5.21. The molecule has 1 atom stereocenters. The van der Waals surface area contributed by atoms with Crippen molar-refractivity contribution in [3.8, 4) is 0 Å². The molecule has 1 aromatic heterocycles. The van der Waals surface area contributed by atoms with Gasteiger partial charge in [0.2, 0.25) is 0 Å². The molecule has 0 aliphatic carbocycles. The molecule has 1 aliphatic heterocycles. The van der Waals surface area contributed by atoms with Gasteiger partial charge in [-0.25, -0.2) is 0 Å². The largest absolute Gasteiger partial charge is 0.299 e. The fraction of sp³-hybridized carbons (Fsp3) is 0.583. The Balaban J connectivity index is 2.33. The summed E-state index contributed by atoms with van der Waals surface area (Å²) in [6, 6.07) is 4.73. The second kappa shape index (κ2) is 3.35. The van der Waals surface area contributed by atoms with E-state index in [1.54, 1.807) is 0 Å². The molecule has 0 N–H and O–H groups in total. The molecule has 0 bridgehead atoms. The summed E-state index contributed by atoms with van der Waals surface area (Å²) in [6.07, 6.45) is 5.10. The second-order valence-corrected chi connectivity index (χ2v) is 4.91. The summed E-state index contributed by atoms with van der Waals surface area (Å²) in [5, 5.41) is 0. The Kier molecular flexibility index (Phi) is 2.31. The number of aromatic nitrogens is 1. The zero-order chi connectivity index (χ0) is 10.2. The van der Waals surface area contributed by atoms with Crippen LogP contribution in [0, 0.1) is 5.41 Å². The van der Waals surface area contributed by atoms with E-state index in [1.807, 2.05) is 18.5 Å². The van der Waals surface area contributed by atoms with Gasteiger partial charge in [0, 0.05) is 18.4 Å². The average molecular weight is 190 g/mol. The van der Waals surface area contributed by atoms with Crippen LogP contribution in [0.1, 0.15) is 31.9 Å². The van der Waals surface area contributed by atoms with Gasteiger partial charge < -0.3 is 0 Å². The van der Waals surface area contributed by atoms with Crippen LogP contribution in [0.2, 0.25) is 0 Å². The number of likely N-dealkylation sites (tertiary alicyclic amines) is 1.